The van der Waals surface area contributed by atoms with Gasteiger partial charge in [0.1, 0.15) is 23.5 Å². The van der Waals surface area contributed by atoms with Gasteiger partial charge in [-0.05, 0) is 76.4 Å². The average molecular weight is 494 g/mol. The van der Waals surface area contributed by atoms with Crippen LogP contribution in [0.3, 0.4) is 0 Å². The zero-order valence-corrected chi connectivity index (χ0v) is 20.5. The third kappa shape index (κ3) is 4.95. The van der Waals surface area contributed by atoms with Crippen molar-refractivity contribution in [3.05, 3.63) is 143 Å². The van der Waals surface area contributed by atoms with Gasteiger partial charge in [-0.3, -0.25) is 4.79 Å². The molecule has 1 aliphatic heterocycles. The Morgan fingerprint density at radius 3 is 2.21 bits per heavy atom. The van der Waals surface area contributed by atoms with E-state index >= 15 is 0 Å². The number of phenolic OH excluding ortho intramolecular Hbond substituents is 1. The molecular formula is C33H23N3O2. The summed E-state index contributed by atoms with van der Waals surface area (Å²) in [7, 11) is 0. The summed E-state index contributed by atoms with van der Waals surface area (Å²) < 4.78 is 0. The maximum Gasteiger partial charge on any atom is 0.258 e. The van der Waals surface area contributed by atoms with E-state index in [0.29, 0.717) is 23.3 Å². The van der Waals surface area contributed by atoms with Crippen LogP contribution in [0.4, 0.5) is 0 Å². The van der Waals surface area contributed by atoms with Gasteiger partial charge in [-0.15, -0.1) is 0 Å². The van der Waals surface area contributed by atoms with E-state index in [1.165, 1.54) is 0 Å². The van der Waals surface area contributed by atoms with E-state index in [1.807, 2.05) is 97.1 Å². The van der Waals surface area contributed by atoms with Crippen molar-refractivity contribution in [2.45, 2.75) is 12.5 Å². The second-order valence-corrected chi connectivity index (χ2v) is 8.99. The molecule has 1 N–H and O–H groups in total. The van der Waals surface area contributed by atoms with Crippen LogP contribution in [0.1, 0.15) is 33.9 Å². The molecule has 0 radical (unpaired) electrons. The number of allylic oxidation sites excluding steroid dienone is 3. The number of phenols is 1. The number of rotatable bonds is 4. The summed E-state index contributed by atoms with van der Waals surface area (Å²) in [5.41, 5.74) is 3.58. The summed E-state index contributed by atoms with van der Waals surface area (Å²) in [6, 6.07) is 33.4. The highest BCUT2D eigenvalue weighted by Crippen LogP contribution is 2.39. The van der Waals surface area contributed by atoms with Gasteiger partial charge in [-0.1, -0.05) is 72.8 Å². The first kappa shape index (κ1) is 24.3. The highest BCUT2D eigenvalue weighted by atomic mass is 16.3. The van der Waals surface area contributed by atoms with Crippen LogP contribution in [0.2, 0.25) is 0 Å². The summed E-state index contributed by atoms with van der Waals surface area (Å²) in [6.45, 7) is 0. The minimum Gasteiger partial charge on any atom is -0.508 e. The van der Waals surface area contributed by atoms with Crippen molar-refractivity contribution in [2.75, 3.05) is 0 Å². The zero-order valence-electron chi connectivity index (χ0n) is 20.5. The first-order chi connectivity index (χ1) is 18.6. The molecule has 0 spiro atoms. The van der Waals surface area contributed by atoms with Crippen LogP contribution >= 0.6 is 0 Å². The number of fused-ring (bicyclic) bond motifs is 1. The Balaban J connectivity index is 1.65. The largest absolute Gasteiger partial charge is 0.508 e. The Bertz CT molecular complexity index is 1670. The lowest BCUT2D eigenvalue weighted by Crippen LogP contribution is -2.36. The number of carbonyl (C=O) groups excluding carboxylic acids is 1. The first-order valence-corrected chi connectivity index (χ1v) is 12.2. The van der Waals surface area contributed by atoms with E-state index in [4.69, 9.17) is 0 Å². The molecule has 1 atom stereocenters. The molecule has 5 heteroatoms. The van der Waals surface area contributed by atoms with Gasteiger partial charge in [-0.25, -0.2) is 0 Å². The van der Waals surface area contributed by atoms with Gasteiger partial charge in [0.05, 0.1) is 6.04 Å². The highest BCUT2D eigenvalue weighted by molar-refractivity contribution is 5.96. The molecule has 4 aromatic carbocycles. The summed E-state index contributed by atoms with van der Waals surface area (Å²) in [4.78, 5) is 15.7. The molecule has 5 rings (SSSR count). The molecule has 0 saturated heterocycles. The Kier molecular flexibility index (Phi) is 6.85. The molecule has 182 valence electrons. The van der Waals surface area contributed by atoms with Crippen LogP contribution in [0.5, 0.6) is 5.75 Å². The first-order valence-electron chi connectivity index (χ1n) is 12.2. The van der Waals surface area contributed by atoms with Gasteiger partial charge in [0.25, 0.3) is 5.91 Å². The monoisotopic (exact) mass is 493 g/mol. The van der Waals surface area contributed by atoms with Crippen molar-refractivity contribution in [3.63, 3.8) is 0 Å². The lowest BCUT2D eigenvalue weighted by Gasteiger charge is -2.37. The van der Waals surface area contributed by atoms with E-state index in [0.717, 1.165) is 21.9 Å². The molecule has 1 amide bonds. The Labute approximate surface area is 221 Å². The minimum atomic E-state index is -0.403. The molecule has 4 aromatic rings. The molecule has 38 heavy (non-hydrogen) atoms. The number of benzene rings is 4. The molecule has 1 unspecified atom stereocenters. The molecule has 1 heterocycles. The van der Waals surface area contributed by atoms with E-state index < -0.39 is 6.04 Å². The van der Waals surface area contributed by atoms with E-state index in [-0.39, 0.29) is 17.2 Å². The number of carbonyl (C=O) groups is 1. The number of nitrogens with zero attached hydrogens (tertiary/aromatic N) is 3. The smallest absolute Gasteiger partial charge is 0.258 e. The maximum absolute atomic E-state index is 13.9. The van der Waals surface area contributed by atoms with Gasteiger partial charge < -0.3 is 10.0 Å². The van der Waals surface area contributed by atoms with Gasteiger partial charge in [0.2, 0.25) is 0 Å². The molecule has 5 nitrogen and oxygen atoms in total. The van der Waals surface area contributed by atoms with Crippen LogP contribution < -0.4 is 0 Å². The van der Waals surface area contributed by atoms with Crippen molar-refractivity contribution in [1.82, 2.24) is 4.90 Å². The molecule has 0 bridgehead atoms. The molecule has 0 fully saturated rings. The van der Waals surface area contributed by atoms with Crippen molar-refractivity contribution >= 4 is 22.8 Å². The Hall–Kier alpha value is -5.39. The Morgan fingerprint density at radius 2 is 1.50 bits per heavy atom. The predicted molar refractivity (Wildman–Crippen MR) is 147 cm³/mol. The average Bonchev–Trinajstić information content (AvgIpc) is 2.97. The standard InChI is InChI=1S/C33H23N3O2/c34-21-29(22-35)28-18-30(15-12-23-11-13-27-19-31(37)16-14-26(27)17-23)36(33(38)25-9-5-2-6-10-25)32(20-28)24-7-3-1-4-8-24/h1-19,32,37H,20H2. The van der Waals surface area contributed by atoms with Crippen molar-refractivity contribution in [1.29, 1.82) is 10.5 Å². The second-order valence-electron chi connectivity index (χ2n) is 8.99. The van der Waals surface area contributed by atoms with Crippen molar-refractivity contribution in [2.24, 2.45) is 0 Å². The van der Waals surface area contributed by atoms with Crippen LogP contribution in [0.25, 0.3) is 16.8 Å². The fourth-order valence-electron chi connectivity index (χ4n) is 4.72. The lowest BCUT2D eigenvalue weighted by molar-refractivity contribution is 0.0744. The van der Waals surface area contributed by atoms with Gasteiger partial charge in [-0.2, -0.15) is 10.5 Å². The summed E-state index contributed by atoms with van der Waals surface area (Å²) in [5, 5.41) is 30.9. The SMILES string of the molecule is N#CC(C#N)=C1C=C(C=Cc2ccc3cc(O)ccc3c2)N(C(=O)c2ccccc2)C(c2ccccc2)C1. The molecule has 0 aromatic heterocycles. The van der Waals surface area contributed by atoms with Gasteiger partial charge in [0, 0.05) is 11.3 Å². The Morgan fingerprint density at radius 1 is 0.842 bits per heavy atom. The summed E-state index contributed by atoms with van der Waals surface area (Å²) in [5.74, 6) is 0.0409. The van der Waals surface area contributed by atoms with Crippen LogP contribution in [-0.4, -0.2) is 15.9 Å². The summed E-state index contributed by atoms with van der Waals surface area (Å²) >= 11 is 0. The maximum atomic E-state index is 13.9. The predicted octanol–water partition coefficient (Wildman–Crippen LogP) is 7.07. The fourth-order valence-corrected chi connectivity index (χ4v) is 4.72. The molecule has 1 aliphatic rings. The normalized spacial score (nSPS) is 15.1. The van der Waals surface area contributed by atoms with Crippen molar-refractivity contribution < 1.29 is 9.90 Å². The second kappa shape index (κ2) is 10.7. The van der Waals surface area contributed by atoms with E-state index in [9.17, 15) is 20.4 Å². The fraction of sp³-hybridized carbons (Fsp3) is 0.0606. The van der Waals surface area contributed by atoms with Crippen LogP contribution in [0, 0.1) is 22.7 Å². The summed E-state index contributed by atoms with van der Waals surface area (Å²) in [6.07, 6.45) is 5.87. The van der Waals surface area contributed by atoms with Crippen LogP contribution in [-0.2, 0) is 0 Å². The topological polar surface area (TPSA) is 88.1 Å². The number of amides is 1. The van der Waals surface area contributed by atoms with Gasteiger partial charge in [0.15, 0.2) is 0 Å². The van der Waals surface area contributed by atoms with E-state index in [2.05, 4.69) is 0 Å². The number of hydrogen-bond acceptors (Lipinski definition) is 4. The van der Waals surface area contributed by atoms with Gasteiger partial charge >= 0.3 is 0 Å². The number of nitriles is 2. The van der Waals surface area contributed by atoms with Crippen molar-refractivity contribution in [3.8, 4) is 17.9 Å². The third-order valence-electron chi connectivity index (χ3n) is 6.59. The molecular weight excluding hydrogens is 470 g/mol. The zero-order chi connectivity index (χ0) is 26.5. The number of aromatic hydroxyl groups is 1. The third-order valence-corrected chi connectivity index (χ3v) is 6.59. The van der Waals surface area contributed by atoms with E-state index in [1.54, 1.807) is 35.2 Å². The lowest BCUT2D eigenvalue weighted by atomic mass is 9.89. The minimum absolute atomic E-state index is 0.0363. The van der Waals surface area contributed by atoms with Crippen LogP contribution in [0.15, 0.2) is 126 Å². The highest BCUT2D eigenvalue weighted by Gasteiger charge is 2.33. The molecule has 0 saturated carbocycles. The molecule has 0 aliphatic carbocycles. The number of hydrogen-bond donors (Lipinski definition) is 1. The quantitative estimate of drug-likeness (QED) is 0.308.